The zero-order valence-corrected chi connectivity index (χ0v) is 60.5. The van der Waals surface area contributed by atoms with E-state index in [9.17, 15) is 0 Å². The van der Waals surface area contributed by atoms with Gasteiger partial charge >= 0.3 is 0 Å². The van der Waals surface area contributed by atoms with Gasteiger partial charge in [-0.2, -0.15) is 0 Å². The smallest absolute Gasteiger partial charge is 0.0587 e. The SMILES string of the molecule is CCCCCCNC(C)C.CCCCCCNC(C)C.CCCCNCCCNC(C)C.CCCCNCCCNCCCNC(C)C.CCCNC(C)C.CCCNC(C)C.CCCNCCCNC(C)C.COCCNC(C)C. The second kappa shape index (κ2) is 93.2. The summed E-state index contributed by atoms with van der Waals surface area (Å²) in [4.78, 5) is 0. The van der Waals surface area contributed by atoms with Gasteiger partial charge in [-0.3, -0.25) is 0 Å². The van der Waals surface area contributed by atoms with E-state index in [1.807, 2.05) is 0 Å². The minimum atomic E-state index is 0.574. The van der Waals surface area contributed by atoms with Gasteiger partial charge in [-0.05, 0) is 169 Å². The molecule has 81 heavy (non-hydrogen) atoms. The Morgan fingerprint density at radius 1 is 0.198 bits per heavy atom. The van der Waals surface area contributed by atoms with Crippen LogP contribution in [-0.2, 0) is 4.74 Å². The summed E-state index contributed by atoms with van der Waals surface area (Å²) in [5, 5.41) is 40.5. The van der Waals surface area contributed by atoms with Gasteiger partial charge in [0.1, 0.15) is 0 Å². The van der Waals surface area contributed by atoms with Crippen molar-refractivity contribution >= 4 is 0 Å². The molecule has 0 bridgehead atoms. The maximum atomic E-state index is 4.83. The molecule has 13 nitrogen and oxygen atoms in total. The largest absolute Gasteiger partial charge is 0.383 e. The molecule has 0 unspecified atom stereocenters. The molecule has 0 fully saturated rings. The Labute approximate surface area is 514 Å². The molecule has 0 saturated heterocycles. The lowest BCUT2D eigenvalue weighted by molar-refractivity contribution is 0.197. The van der Waals surface area contributed by atoms with Crippen LogP contribution >= 0.6 is 0 Å². The van der Waals surface area contributed by atoms with Crippen molar-refractivity contribution < 1.29 is 4.74 Å². The molecule has 0 saturated carbocycles. The van der Waals surface area contributed by atoms with Crippen molar-refractivity contribution in [1.29, 1.82) is 0 Å². The van der Waals surface area contributed by atoms with E-state index in [0.717, 1.165) is 85.1 Å². The van der Waals surface area contributed by atoms with Gasteiger partial charge < -0.3 is 68.5 Å². The minimum absolute atomic E-state index is 0.574. The molecule has 502 valence electrons. The molecular weight excluding hydrogens is 1000 g/mol. The van der Waals surface area contributed by atoms with Crippen LogP contribution in [0.4, 0.5) is 0 Å². The van der Waals surface area contributed by atoms with Gasteiger partial charge in [0.15, 0.2) is 0 Å². The van der Waals surface area contributed by atoms with E-state index in [1.54, 1.807) is 7.11 Å². The van der Waals surface area contributed by atoms with Crippen LogP contribution in [0.25, 0.3) is 0 Å². The van der Waals surface area contributed by atoms with Gasteiger partial charge in [-0.15, -0.1) is 0 Å². The average molecular weight is 1170 g/mol. The minimum Gasteiger partial charge on any atom is -0.383 e. The zero-order valence-electron chi connectivity index (χ0n) is 60.5. The number of nitrogens with one attached hydrogen (secondary N) is 12. The molecule has 0 atom stereocenters. The van der Waals surface area contributed by atoms with E-state index in [0.29, 0.717) is 48.3 Å². The second-order valence-corrected chi connectivity index (χ2v) is 24.1. The van der Waals surface area contributed by atoms with Gasteiger partial charge in [0.05, 0.1) is 6.61 Å². The summed E-state index contributed by atoms with van der Waals surface area (Å²) in [7, 11) is 1.71. The van der Waals surface area contributed by atoms with Crippen molar-refractivity contribution in [3.63, 3.8) is 0 Å². The van der Waals surface area contributed by atoms with E-state index in [-0.39, 0.29) is 0 Å². The molecule has 0 heterocycles. The molecule has 0 amide bonds. The Hall–Kier alpha value is -0.520. The van der Waals surface area contributed by atoms with Gasteiger partial charge in [-0.25, -0.2) is 0 Å². The van der Waals surface area contributed by atoms with E-state index in [1.165, 1.54) is 148 Å². The Kier molecular flexibility index (Phi) is 111. The number of hydrogen-bond donors (Lipinski definition) is 12. The molecule has 0 radical (unpaired) electrons. The number of ether oxygens (including phenoxy) is 1. The fourth-order valence-electron chi connectivity index (χ4n) is 6.63. The van der Waals surface area contributed by atoms with Crippen LogP contribution in [0, 0.1) is 0 Å². The number of rotatable bonds is 49. The summed E-state index contributed by atoms with van der Waals surface area (Å²) >= 11 is 0. The van der Waals surface area contributed by atoms with Crippen LogP contribution < -0.4 is 63.8 Å². The molecule has 0 aromatic heterocycles. The number of unbranched alkanes of at least 4 members (excludes halogenated alkanes) is 8. The van der Waals surface area contributed by atoms with Crippen molar-refractivity contribution in [2.75, 3.05) is 118 Å². The summed E-state index contributed by atoms with van der Waals surface area (Å²) in [6.45, 7) is 69.3. The first-order valence-electron chi connectivity index (χ1n) is 34.9. The van der Waals surface area contributed by atoms with E-state index < -0.39 is 0 Å². The molecule has 0 spiro atoms. The highest BCUT2D eigenvalue weighted by molar-refractivity contribution is 4.59. The van der Waals surface area contributed by atoms with Crippen molar-refractivity contribution in [1.82, 2.24) is 63.8 Å². The summed E-state index contributed by atoms with van der Waals surface area (Å²) < 4.78 is 4.83. The van der Waals surface area contributed by atoms with Gasteiger partial charge in [0.25, 0.3) is 0 Å². The van der Waals surface area contributed by atoms with Crippen LogP contribution in [-0.4, -0.2) is 167 Å². The van der Waals surface area contributed by atoms with Crippen molar-refractivity contribution in [2.45, 2.75) is 330 Å². The Morgan fingerprint density at radius 2 is 0.407 bits per heavy atom. The van der Waals surface area contributed by atoms with Gasteiger partial charge in [-0.1, -0.05) is 211 Å². The second-order valence-electron chi connectivity index (χ2n) is 24.1. The third kappa shape index (κ3) is 150. The highest BCUT2D eigenvalue weighted by Crippen LogP contribution is 1.98. The van der Waals surface area contributed by atoms with Crippen LogP contribution in [0.1, 0.15) is 281 Å². The first kappa shape index (κ1) is 96.8. The lowest BCUT2D eigenvalue weighted by Crippen LogP contribution is -2.28. The topological polar surface area (TPSA) is 154 Å². The lowest BCUT2D eigenvalue weighted by atomic mass is 10.2. The highest BCUT2D eigenvalue weighted by atomic mass is 16.5. The summed E-state index contributed by atoms with van der Waals surface area (Å²) in [5.41, 5.74) is 0. The molecule has 0 aliphatic carbocycles. The fourth-order valence-corrected chi connectivity index (χ4v) is 6.63. The molecule has 0 aromatic carbocycles. The Morgan fingerprint density at radius 3 is 0.630 bits per heavy atom. The number of hydrogen-bond acceptors (Lipinski definition) is 13. The molecular formula is C68H164N12O. The Bertz CT molecular complexity index is 914. The maximum Gasteiger partial charge on any atom is 0.0587 e. The lowest BCUT2D eigenvalue weighted by Gasteiger charge is -2.08. The zero-order chi connectivity index (χ0) is 63.3. The molecule has 0 aromatic rings. The van der Waals surface area contributed by atoms with Gasteiger partial charge in [0, 0.05) is 62.0 Å². The Balaban J connectivity index is -0.000000127. The first-order chi connectivity index (χ1) is 38.7. The standard InChI is InChI=1S/C13H31N3.C10H24N2.C9H22N2.2C9H21N.C6H15NO.2C6H15N/c1-4-5-8-14-9-6-10-15-11-7-12-16-13(2)3;1-4-5-7-11-8-6-9-12-10(2)3;1-4-6-10-7-5-8-11-9(2)3;2*1-4-5-6-7-8-10-9(2)3;1-6(2)7-4-5-8-3;2*1-4-5-7-6(2)3/h13-16H,4-12H2,1-3H3;10-12H,4-9H2,1-3H3;9-11H,4-8H2,1-3H3;2*9-10H,4-8H2,1-3H3;6-7H,4-5H2,1-3H3;2*6-7H,4-5H2,1-3H3. The van der Waals surface area contributed by atoms with Crippen LogP contribution in [0.3, 0.4) is 0 Å². The highest BCUT2D eigenvalue weighted by Gasteiger charge is 1.96. The van der Waals surface area contributed by atoms with E-state index in [2.05, 4.69) is 223 Å². The average Bonchev–Trinajstić information content (AvgIpc) is 3.40. The van der Waals surface area contributed by atoms with Crippen molar-refractivity contribution in [3.8, 4) is 0 Å². The van der Waals surface area contributed by atoms with Gasteiger partial charge in [0.2, 0.25) is 0 Å². The van der Waals surface area contributed by atoms with E-state index >= 15 is 0 Å². The summed E-state index contributed by atoms with van der Waals surface area (Å²) in [6, 6.07) is 5.05. The molecule has 0 aliphatic rings. The fraction of sp³-hybridized carbons (Fsp3) is 1.00. The third-order valence-electron chi connectivity index (χ3n) is 11.4. The van der Waals surface area contributed by atoms with Crippen molar-refractivity contribution in [2.24, 2.45) is 0 Å². The van der Waals surface area contributed by atoms with Crippen molar-refractivity contribution in [3.05, 3.63) is 0 Å². The molecule has 13 heteroatoms. The van der Waals surface area contributed by atoms with E-state index in [4.69, 9.17) is 4.74 Å². The first-order valence-corrected chi connectivity index (χ1v) is 34.9. The third-order valence-corrected chi connectivity index (χ3v) is 11.4. The monoisotopic (exact) mass is 1170 g/mol. The summed E-state index contributed by atoms with van der Waals surface area (Å²) in [6.07, 6.45) is 24.7. The van der Waals surface area contributed by atoms with Crippen LogP contribution in [0.5, 0.6) is 0 Å². The summed E-state index contributed by atoms with van der Waals surface area (Å²) in [5.74, 6) is 0. The quantitative estimate of drug-likeness (QED) is 0.0262. The predicted octanol–water partition coefficient (Wildman–Crippen LogP) is 13.4. The molecule has 12 N–H and O–H groups in total. The maximum absolute atomic E-state index is 4.83. The number of methoxy groups -OCH3 is 1. The van der Waals surface area contributed by atoms with Crippen LogP contribution in [0.15, 0.2) is 0 Å². The predicted molar refractivity (Wildman–Crippen MR) is 376 cm³/mol. The molecule has 0 aliphatic heterocycles. The van der Waals surface area contributed by atoms with Crippen LogP contribution in [0.2, 0.25) is 0 Å². The molecule has 0 rings (SSSR count). The normalized spacial score (nSPS) is 10.8.